The average molecular weight is 385 g/mol. The normalized spacial score (nSPS) is 11.8. The van der Waals surface area contributed by atoms with Crippen molar-refractivity contribution in [2.75, 3.05) is 5.73 Å². The smallest absolute Gasteiger partial charge is 0.153 e. The van der Waals surface area contributed by atoms with Crippen LogP contribution in [0.3, 0.4) is 0 Å². The molecular formula is C22H19N5S. The first-order valence-electron chi connectivity index (χ1n) is 8.94. The molecule has 0 aliphatic rings. The van der Waals surface area contributed by atoms with E-state index in [-0.39, 0.29) is 5.92 Å². The lowest BCUT2D eigenvalue weighted by Crippen LogP contribution is -1.99. The average Bonchev–Trinajstić information content (AvgIpc) is 3.12. The van der Waals surface area contributed by atoms with Crippen LogP contribution in [0.1, 0.15) is 34.8 Å². The summed E-state index contributed by atoms with van der Waals surface area (Å²) in [5.41, 5.74) is 13.1. The predicted molar refractivity (Wildman–Crippen MR) is 114 cm³/mol. The van der Waals surface area contributed by atoms with Crippen LogP contribution in [0.2, 0.25) is 0 Å². The molecule has 6 heteroatoms. The number of hydrogen-bond donors (Lipinski definition) is 1. The zero-order chi connectivity index (χ0) is 19.7. The number of aromatic nitrogens is 4. The summed E-state index contributed by atoms with van der Waals surface area (Å²) in [6.45, 7) is 5.94. The number of thiazole rings is 1. The molecule has 2 N–H and O–H groups in total. The zero-order valence-corrected chi connectivity index (χ0v) is 16.7. The van der Waals surface area contributed by atoms with Crippen LogP contribution in [0, 0.1) is 25.7 Å². The van der Waals surface area contributed by atoms with Gasteiger partial charge in [0.15, 0.2) is 5.82 Å². The van der Waals surface area contributed by atoms with E-state index >= 15 is 0 Å². The van der Waals surface area contributed by atoms with Gasteiger partial charge in [0.2, 0.25) is 0 Å². The van der Waals surface area contributed by atoms with Gasteiger partial charge in [0, 0.05) is 16.0 Å². The standard InChI is InChI=1S/C22H19N5S/c1-13(21-14(2)24-12-28-21)7-8-16-5-4-6-17(11-16)18-9-10-19-20(27-18)22(23)26-15(3)25-19/h4-6,9-13H,1-3H3,(H2,23,25,26). The van der Waals surface area contributed by atoms with E-state index in [4.69, 9.17) is 5.73 Å². The van der Waals surface area contributed by atoms with Crippen molar-refractivity contribution in [2.24, 2.45) is 0 Å². The summed E-state index contributed by atoms with van der Waals surface area (Å²) >= 11 is 1.65. The van der Waals surface area contributed by atoms with Crippen LogP contribution < -0.4 is 5.73 Å². The first-order chi connectivity index (χ1) is 13.5. The number of fused-ring (bicyclic) bond motifs is 1. The van der Waals surface area contributed by atoms with Crippen LogP contribution in [0.15, 0.2) is 41.9 Å². The van der Waals surface area contributed by atoms with Crippen LogP contribution >= 0.6 is 11.3 Å². The van der Waals surface area contributed by atoms with Crippen LogP contribution in [-0.2, 0) is 0 Å². The van der Waals surface area contributed by atoms with Gasteiger partial charge in [-0.25, -0.2) is 19.9 Å². The summed E-state index contributed by atoms with van der Waals surface area (Å²) in [6.07, 6.45) is 0. The van der Waals surface area contributed by atoms with E-state index in [9.17, 15) is 0 Å². The molecule has 1 atom stereocenters. The van der Waals surface area contributed by atoms with Gasteiger partial charge in [-0.15, -0.1) is 11.3 Å². The Balaban J connectivity index is 1.67. The number of benzene rings is 1. The highest BCUT2D eigenvalue weighted by atomic mass is 32.1. The molecular weight excluding hydrogens is 366 g/mol. The molecule has 138 valence electrons. The number of rotatable bonds is 2. The third-order valence-electron chi connectivity index (χ3n) is 4.45. The van der Waals surface area contributed by atoms with E-state index < -0.39 is 0 Å². The van der Waals surface area contributed by atoms with Crippen molar-refractivity contribution in [3.8, 4) is 23.1 Å². The first kappa shape index (κ1) is 18.1. The molecule has 5 nitrogen and oxygen atoms in total. The monoisotopic (exact) mass is 385 g/mol. The van der Waals surface area contributed by atoms with E-state index in [1.54, 1.807) is 11.3 Å². The van der Waals surface area contributed by atoms with Gasteiger partial charge in [0.1, 0.15) is 11.3 Å². The highest BCUT2D eigenvalue weighted by Crippen LogP contribution is 2.24. The van der Waals surface area contributed by atoms with Gasteiger partial charge in [0.05, 0.1) is 28.3 Å². The molecule has 1 aromatic carbocycles. The third kappa shape index (κ3) is 3.57. The fourth-order valence-electron chi connectivity index (χ4n) is 3.06. The molecule has 4 rings (SSSR count). The van der Waals surface area contributed by atoms with Gasteiger partial charge in [-0.05, 0) is 45.0 Å². The first-order valence-corrected chi connectivity index (χ1v) is 9.82. The molecule has 0 saturated carbocycles. The summed E-state index contributed by atoms with van der Waals surface area (Å²) in [5, 5.41) is 0. The van der Waals surface area contributed by atoms with Gasteiger partial charge in [0.25, 0.3) is 0 Å². The van der Waals surface area contributed by atoms with Crippen LogP contribution in [0.25, 0.3) is 22.3 Å². The topological polar surface area (TPSA) is 77.6 Å². The summed E-state index contributed by atoms with van der Waals surface area (Å²) < 4.78 is 0. The number of hydrogen-bond acceptors (Lipinski definition) is 6. The molecule has 3 aromatic heterocycles. The van der Waals surface area contributed by atoms with Crippen molar-refractivity contribution >= 4 is 28.2 Å². The number of aryl methyl sites for hydroxylation is 2. The Kier molecular flexibility index (Phi) is 4.76. The molecule has 0 amide bonds. The number of pyridine rings is 1. The maximum absolute atomic E-state index is 6.03. The Morgan fingerprint density at radius 2 is 1.93 bits per heavy atom. The second-order valence-electron chi connectivity index (χ2n) is 6.59. The van der Waals surface area contributed by atoms with Crippen molar-refractivity contribution in [3.63, 3.8) is 0 Å². The molecule has 0 spiro atoms. The maximum Gasteiger partial charge on any atom is 0.153 e. The molecule has 28 heavy (non-hydrogen) atoms. The Morgan fingerprint density at radius 3 is 2.71 bits per heavy atom. The Hall–Kier alpha value is -3.30. The van der Waals surface area contributed by atoms with Crippen molar-refractivity contribution in [1.29, 1.82) is 0 Å². The summed E-state index contributed by atoms with van der Waals surface area (Å²) in [6, 6.07) is 11.9. The number of nitrogens with two attached hydrogens (primary N) is 1. The quantitative estimate of drug-likeness (QED) is 0.514. The van der Waals surface area contributed by atoms with Gasteiger partial charge in [-0.2, -0.15) is 0 Å². The SMILES string of the molecule is Cc1nc(N)c2nc(-c3cccc(C#CC(C)c4scnc4C)c3)ccc2n1. The number of nitrogens with zero attached hydrogens (tertiary/aromatic N) is 4. The minimum absolute atomic E-state index is 0.148. The second-order valence-corrected chi connectivity index (χ2v) is 7.48. The molecule has 0 aliphatic heterocycles. The molecule has 3 heterocycles. The van der Waals surface area contributed by atoms with E-state index in [0.717, 1.165) is 28.0 Å². The van der Waals surface area contributed by atoms with Gasteiger partial charge in [-0.3, -0.25) is 0 Å². The molecule has 0 fully saturated rings. The number of nitrogen functional groups attached to an aromatic ring is 1. The van der Waals surface area contributed by atoms with Crippen molar-refractivity contribution in [2.45, 2.75) is 26.7 Å². The van der Waals surface area contributed by atoms with Gasteiger partial charge in [-0.1, -0.05) is 24.0 Å². The minimum atomic E-state index is 0.148. The summed E-state index contributed by atoms with van der Waals surface area (Å²) in [4.78, 5) is 18.8. The third-order valence-corrected chi connectivity index (χ3v) is 5.56. The highest BCUT2D eigenvalue weighted by Gasteiger charge is 2.09. The fraction of sp³-hybridized carbons (Fsp3) is 0.182. The molecule has 0 saturated heterocycles. The second kappa shape index (κ2) is 7.37. The Bertz CT molecular complexity index is 1230. The van der Waals surface area contributed by atoms with Crippen molar-refractivity contribution in [1.82, 2.24) is 19.9 Å². The van der Waals surface area contributed by atoms with Gasteiger partial charge >= 0.3 is 0 Å². The Labute approximate surface area is 167 Å². The molecule has 4 aromatic rings. The molecule has 0 radical (unpaired) electrons. The highest BCUT2D eigenvalue weighted by molar-refractivity contribution is 7.09. The zero-order valence-electron chi connectivity index (χ0n) is 15.9. The maximum atomic E-state index is 6.03. The lowest BCUT2D eigenvalue weighted by Gasteiger charge is -2.06. The van der Waals surface area contributed by atoms with Crippen molar-refractivity contribution < 1.29 is 0 Å². The van der Waals surface area contributed by atoms with Crippen LogP contribution in [-0.4, -0.2) is 19.9 Å². The van der Waals surface area contributed by atoms with Gasteiger partial charge < -0.3 is 5.73 Å². The van der Waals surface area contributed by atoms with E-state index in [1.807, 2.05) is 55.8 Å². The van der Waals surface area contributed by atoms with E-state index in [2.05, 4.69) is 38.7 Å². The largest absolute Gasteiger partial charge is 0.382 e. The predicted octanol–water partition coefficient (Wildman–Crippen LogP) is 4.50. The lowest BCUT2D eigenvalue weighted by molar-refractivity contribution is 1.00. The van der Waals surface area contributed by atoms with E-state index in [1.165, 1.54) is 4.88 Å². The van der Waals surface area contributed by atoms with Crippen LogP contribution in [0.5, 0.6) is 0 Å². The van der Waals surface area contributed by atoms with Crippen LogP contribution in [0.4, 0.5) is 5.82 Å². The van der Waals surface area contributed by atoms with Crippen molar-refractivity contribution in [3.05, 3.63) is 63.9 Å². The molecule has 1 unspecified atom stereocenters. The Morgan fingerprint density at radius 1 is 1.07 bits per heavy atom. The summed E-state index contributed by atoms with van der Waals surface area (Å²) in [7, 11) is 0. The molecule has 0 aliphatic carbocycles. The number of anilines is 1. The fourth-order valence-corrected chi connectivity index (χ4v) is 3.87. The lowest BCUT2D eigenvalue weighted by atomic mass is 10.1. The minimum Gasteiger partial charge on any atom is -0.382 e. The van der Waals surface area contributed by atoms with E-state index in [0.29, 0.717) is 17.2 Å². The summed E-state index contributed by atoms with van der Waals surface area (Å²) in [5.74, 6) is 7.79. The molecule has 0 bridgehead atoms.